The Labute approximate surface area is 161 Å². The van der Waals surface area contributed by atoms with Crippen molar-refractivity contribution in [3.63, 3.8) is 0 Å². The summed E-state index contributed by atoms with van der Waals surface area (Å²) in [5.74, 6) is 0. The van der Waals surface area contributed by atoms with Crippen molar-refractivity contribution in [2.24, 2.45) is 0 Å². The number of rotatable bonds is 5. The van der Waals surface area contributed by atoms with Gasteiger partial charge in [-0.15, -0.1) is 0 Å². The zero-order valence-electron chi connectivity index (χ0n) is 16.0. The van der Waals surface area contributed by atoms with Crippen LogP contribution < -0.4 is 4.72 Å². The predicted octanol–water partition coefficient (Wildman–Crippen LogP) is 4.58. The molecule has 0 amide bonds. The summed E-state index contributed by atoms with van der Waals surface area (Å²) in [7, 11) is -3.63. The molecule has 0 spiro atoms. The lowest BCUT2D eigenvalue weighted by Gasteiger charge is -2.27. The first-order valence-corrected chi connectivity index (χ1v) is 10.3. The van der Waals surface area contributed by atoms with E-state index in [-0.39, 0.29) is 4.90 Å². The Balaban J connectivity index is 1.96. The second-order valence-electron chi connectivity index (χ2n) is 7.32. The molecule has 0 aliphatic carbocycles. The zero-order chi connectivity index (χ0) is 19.7. The van der Waals surface area contributed by atoms with Crippen LogP contribution in [-0.4, -0.2) is 13.4 Å². The number of benzene rings is 2. The monoisotopic (exact) mass is 380 g/mol. The predicted molar refractivity (Wildman–Crippen MR) is 109 cm³/mol. The minimum Gasteiger partial charge on any atom is -0.264 e. The summed E-state index contributed by atoms with van der Waals surface area (Å²) >= 11 is 0. The number of hydrogen-bond donors (Lipinski definition) is 1. The minimum atomic E-state index is -3.63. The molecular formula is C22H24N2O2S. The molecule has 0 radical (unpaired) electrons. The van der Waals surface area contributed by atoms with Crippen LogP contribution in [0, 0.1) is 13.8 Å². The van der Waals surface area contributed by atoms with Gasteiger partial charge in [-0.3, -0.25) is 4.98 Å². The van der Waals surface area contributed by atoms with Crippen LogP contribution in [0.2, 0.25) is 0 Å². The molecule has 4 nitrogen and oxygen atoms in total. The summed E-state index contributed by atoms with van der Waals surface area (Å²) < 4.78 is 28.6. The Kier molecular flexibility index (Phi) is 5.18. The lowest BCUT2D eigenvalue weighted by molar-refractivity contribution is 0.472. The van der Waals surface area contributed by atoms with E-state index < -0.39 is 15.6 Å². The first kappa shape index (κ1) is 19.3. The Hall–Kier alpha value is -2.50. The minimum absolute atomic E-state index is 0.275. The summed E-state index contributed by atoms with van der Waals surface area (Å²) in [4.78, 5) is 4.41. The van der Waals surface area contributed by atoms with Gasteiger partial charge in [0.2, 0.25) is 10.0 Å². The van der Waals surface area contributed by atoms with Crippen molar-refractivity contribution in [1.29, 1.82) is 0 Å². The van der Waals surface area contributed by atoms with Gasteiger partial charge in [-0.25, -0.2) is 13.1 Å². The first-order chi connectivity index (χ1) is 12.7. The average molecular weight is 381 g/mol. The Morgan fingerprint density at radius 2 is 1.70 bits per heavy atom. The number of hydrogen-bond acceptors (Lipinski definition) is 3. The van der Waals surface area contributed by atoms with E-state index in [0.29, 0.717) is 0 Å². The van der Waals surface area contributed by atoms with Crippen LogP contribution in [-0.2, 0) is 15.6 Å². The van der Waals surface area contributed by atoms with Gasteiger partial charge in [0.25, 0.3) is 0 Å². The fourth-order valence-corrected chi connectivity index (χ4v) is 4.62. The quantitative estimate of drug-likeness (QED) is 0.705. The second-order valence-corrected chi connectivity index (χ2v) is 9.00. The maximum absolute atomic E-state index is 12.9. The van der Waals surface area contributed by atoms with E-state index in [2.05, 4.69) is 9.71 Å². The molecule has 0 saturated heterocycles. The van der Waals surface area contributed by atoms with Gasteiger partial charge >= 0.3 is 0 Å². The van der Waals surface area contributed by atoms with Gasteiger partial charge in [-0.1, -0.05) is 30.3 Å². The van der Waals surface area contributed by atoms with Gasteiger partial charge in [-0.2, -0.15) is 0 Å². The lowest BCUT2D eigenvalue weighted by Crippen LogP contribution is -2.40. The van der Waals surface area contributed by atoms with Crippen LogP contribution >= 0.6 is 0 Å². The van der Waals surface area contributed by atoms with Crippen molar-refractivity contribution < 1.29 is 8.42 Å². The van der Waals surface area contributed by atoms with E-state index >= 15 is 0 Å². The number of sulfonamides is 1. The van der Waals surface area contributed by atoms with Crippen LogP contribution in [0.5, 0.6) is 0 Å². The number of aromatic nitrogens is 1. The summed E-state index contributed by atoms with van der Waals surface area (Å²) in [6, 6.07) is 16.8. The Morgan fingerprint density at radius 1 is 0.963 bits per heavy atom. The SMILES string of the molecule is Cc1cccc(S(=O)(=O)NC(C)(C)c2cccc(-c3ccncc3C)c2)c1. The van der Waals surface area contributed by atoms with Crippen molar-refractivity contribution in [1.82, 2.24) is 9.71 Å². The standard InChI is InChI=1S/C22H24N2O2S/c1-16-7-5-10-20(13-16)27(25,26)24-22(3,4)19-9-6-8-18(14-19)21-11-12-23-15-17(21)2/h5-15,24H,1-4H3. The van der Waals surface area contributed by atoms with Gasteiger partial charge in [0.05, 0.1) is 10.4 Å². The summed E-state index contributed by atoms with van der Waals surface area (Å²) in [5, 5.41) is 0. The van der Waals surface area contributed by atoms with Crippen molar-refractivity contribution >= 4 is 10.0 Å². The molecule has 0 aliphatic heterocycles. The third-order valence-electron chi connectivity index (χ3n) is 4.60. The highest BCUT2D eigenvalue weighted by atomic mass is 32.2. The molecule has 0 aliphatic rings. The number of aryl methyl sites for hydroxylation is 2. The van der Waals surface area contributed by atoms with Crippen LogP contribution in [0.3, 0.4) is 0 Å². The van der Waals surface area contributed by atoms with Gasteiger partial charge < -0.3 is 0 Å². The van der Waals surface area contributed by atoms with E-state index in [1.165, 1.54) is 0 Å². The maximum Gasteiger partial charge on any atom is 0.241 e. The highest BCUT2D eigenvalue weighted by Crippen LogP contribution is 2.29. The van der Waals surface area contributed by atoms with E-state index in [1.54, 1.807) is 24.4 Å². The molecule has 1 aromatic heterocycles. The van der Waals surface area contributed by atoms with E-state index in [1.807, 2.05) is 70.3 Å². The van der Waals surface area contributed by atoms with Crippen LogP contribution in [0.15, 0.2) is 71.9 Å². The van der Waals surface area contributed by atoms with Crippen LogP contribution in [0.25, 0.3) is 11.1 Å². The first-order valence-electron chi connectivity index (χ1n) is 8.81. The summed E-state index contributed by atoms with van der Waals surface area (Å²) in [5.41, 5.74) is 4.24. The molecule has 0 fully saturated rings. The van der Waals surface area contributed by atoms with Crippen molar-refractivity contribution in [3.8, 4) is 11.1 Å². The molecule has 1 heterocycles. The molecule has 1 N–H and O–H groups in total. The molecule has 0 saturated carbocycles. The highest BCUT2D eigenvalue weighted by molar-refractivity contribution is 7.89. The van der Waals surface area contributed by atoms with Crippen LogP contribution in [0.4, 0.5) is 0 Å². The number of nitrogens with one attached hydrogen (secondary N) is 1. The van der Waals surface area contributed by atoms with Crippen molar-refractivity contribution in [2.45, 2.75) is 38.1 Å². The van der Waals surface area contributed by atoms with Crippen LogP contribution in [0.1, 0.15) is 30.5 Å². The Morgan fingerprint density at radius 3 is 2.41 bits per heavy atom. The molecule has 140 valence electrons. The lowest BCUT2D eigenvalue weighted by atomic mass is 9.92. The zero-order valence-corrected chi connectivity index (χ0v) is 16.8. The molecule has 2 aromatic carbocycles. The van der Waals surface area contributed by atoms with E-state index in [9.17, 15) is 8.42 Å². The third kappa shape index (κ3) is 4.26. The van der Waals surface area contributed by atoms with Gasteiger partial charge in [0, 0.05) is 12.4 Å². The average Bonchev–Trinajstić information content (AvgIpc) is 2.61. The van der Waals surface area contributed by atoms with Gasteiger partial charge in [0.15, 0.2) is 0 Å². The normalized spacial score (nSPS) is 12.1. The number of pyridine rings is 1. The largest absolute Gasteiger partial charge is 0.264 e. The molecular weight excluding hydrogens is 356 g/mol. The highest BCUT2D eigenvalue weighted by Gasteiger charge is 2.28. The second kappa shape index (κ2) is 7.25. The fraction of sp³-hybridized carbons (Fsp3) is 0.227. The molecule has 3 rings (SSSR count). The molecule has 0 unspecified atom stereocenters. The van der Waals surface area contributed by atoms with E-state index in [0.717, 1.165) is 27.8 Å². The summed E-state index contributed by atoms with van der Waals surface area (Å²) in [6.45, 7) is 7.64. The topological polar surface area (TPSA) is 59.1 Å². The van der Waals surface area contributed by atoms with Crippen molar-refractivity contribution in [3.05, 3.63) is 83.7 Å². The summed E-state index contributed by atoms with van der Waals surface area (Å²) in [6.07, 6.45) is 3.59. The molecule has 0 atom stereocenters. The van der Waals surface area contributed by atoms with E-state index in [4.69, 9.17) is 0 Å². The fourth-order valence-electron chi connectivity index (χ4n) is 3.11. The third-order valence-corrected chi connectivity index (χ3v) is 6.26. The molecule has 0 bridgehead atoms. The van der Waals surface area contributed by atoms with Gasteiger partial charge in [-0.05, 0) is 79.8 Å². The smallest absolute Gasteiger partial charge is 0.241 e. The molecule has 5 heteroatoms. The van der Waals surface area contributed by atoms with Crippen molar-refractivity contribution in [2.75, 3.05) is 0 Å². The maximum atomic E-state index is 12.9. The van der Waals surface area contributed by atoms with Gasteiger partial charge in [0.1, 0.15) is 0 Å². The Bertz CT molecular complexity index is 1070. The molecule has 27 heavy (non-hydrogen) atoms. The number of nitrogens with zero attached hydrogens (tertiary/aromatic N) is 1. The molecule has 3 aromatic rings.